The molecule has 156 valence electrons. The van der Waals surface area contributed by atoms with Crippen molar-refractivity contribution >= 4 is 30.9 Å². The first kappa shape index (κ1) is 20.1. The second-order valence-electron chi connectivity index (χ2n) is 6.34. The number of fused-ring (bicyclic) bond motifs is 1. The molecule has 0 aliphatic heterocycles. The topological polar surface area (TPSA) is 203 Å². The van der Waals surface area contributed by atoms with Gasteiger partial charge in [0.05, 0.1) is 16.2 Å². The Hall–Kier alpha value is -3.20. The van der Waals surface area contributed by atoms with Crippen molar-refractivity contribution in [3.63, 3.8) is 0 Å². The molecule has 0 radical (unpaired) electrons. The van der Waals surface area contributed by atoms with Crippen molar-refractivity contribution < 1.29 is 16.8 Å². The molecule has 14 heteroatoms. The number of nitrogens with one attached hydrogen (secondary N) is 2. The maximum absolute atomic E-state index is 12.7. The monoisotopic (exact) mass is 448 g/mol. The van der Waals surface area contributed by atoms with Crippen molar-refractivity contribution in [2.24, 2.45) is 10.9 Å². The third kappa shape index (κ3) is 3.45. The molecule has 1 aromatic carbocycles. The van der Waals surface area contributed by atoms with E-state index in [0.29, 0.717) is 16.8 Å². The van der Waals surface area contributed by atoms with Crippen LogP contribution >= 0.6 is 0 Å². The van der Waals surface area contributed by atoms with Crippen LogP contribution in [-0.2, 0) is 19.9 Å². The molecule has 0 saturated carbocycles. The Labute approximate surface area is 170 Å². The van der Waals surface area contributed by atoms with E-state index in [4.69, 9.17) is 10.9 Å². The molecule has 0 atom stereocenters. The van der Waals surface area contributed by atoms with Gasteiger partial charge in [-0.1, -0.05) is 6.07 Å². The highest BCUT2D eigenvalue weighted by atomic mass is 32.2. The van der Waals surface area contributed by atoms with E-state index in [-0.39, 0.29) is 17.9 Å². The van der Waals surface area contributed by atoms with Crippen molar-refractivity contribution in [2.75, 3.05) is 12.3 Å². The lowest BCUT2D eigenvalue weighted by Gasteiger charge is -2.16. The van der Waals surface area contributed by atoms with E-state index < -0.39 is 35.4 Å². The van der Waals surface area contributed by atoms with Gasteiger partial charge in [-0.25, -0.2) is 27.0 Å². The molecule has 0 spiro atoms. The maximum Gasteiger partial charge on any atom is 0.240 e. The Morgan fingerprint density at radius 1 is 1.10 bits per heavy atom. The van der Waals surface area contributed by atoms with Gasteiger partial charge in [-0.2, -0.15) is 5.21 Å². The van der Waals surface area contributed by atoms with Gasteiger partial charge in [-0.3, -0.25) is 0 Å². The standard InChI is InChI=1S/C16H16N8O4S2/c17-4-6-29(25,26)12-2-1-11(10-7-9-3-5-19-15(9)20-8-10)13(14(12)30(18,27)28)16-21-23-24-22-16/h1-3,5,7-8H,4,6,17H2,(H,19,20)(H2,18,27,28)(H,21,22,23,24). The van der Waals surface area contributed by atoms with E-state index in [1.54, 1.807) is 18.3 Å². The summed E-state index contributed by atoms with van der Waals surface area (Å²) in [5.74, 6) is -0.592. The highest BCUT2D eigenvalue weighted by molar-refractivity contribution is 7.93. The second kappa shape index (κ2) is 7.24. The van der Waals surface area contributed by atoms with Gasteiger partial charge in [0.15, 0.2) is 9.84 Å². The lowest BCUT2D eigenvalue weighted by atomic mass is 10.00. The summed E-state index contributed by atoms with van der Waals surface area (Å²) in [6, 6.07) is 6.20. The minimum Gasteiger partial charge on any atom is -0.346 e. The highest BCUT2D eigenvalue weighted by Gasteiger charge is 2.31. The Bertz CT molecular complexity index is 1440. The summed E-state index contributed by atoms with van der Waals surface area (Å²) in [4.78, 5) is 6.16. The number of H-pyrrole nitrogens is 2. The summed E-state index contributed by atoms with van der Waals surface area (Å²) in [6.45, 7) is -0.195. The molecule has 3 aromatic heterocycles. The molecule has 6 N–H and O–H groups in total. The van der Waals surface area contributed by atoms with Crippen LogP contribution in [0.3, 0.4) is 0 Å². The molecule has 0 saturated heterocycles. The first-order chi connectivity index (χ1) is 14.2. The van der Waals surface area contributed by atoms with Gasteiger partial charge >= 0.3 is 0 Å². The molecule has 0 aliphatic rings. The molecule has 0 aliphatic carbocycles. The number of sulfonamides is 1. The van der Waals surface area contributed by atoms with Crippen LogP contribution in [0, 0.1) is 0 Å². The number of aromatic amines is 2. The van der Waals surface area contributed by atoms with Crippen LogP contribution in [0.2, 0.25) is 0 Å². The molecule has 4 aromatic rings. The van der Waals surface area contributed by atoms with Crippen LogP contribution in [0.5, 0.6) is 0 Å². The van der Waals surface area contributed by atoms with Gasteiger partial charge in [0, 0.05) is 29.9 Å². The van der Waals surface area contributed by atoms with Crippen molar-refractivity contribution in [1.82, 2.24) is 30.6 Å². The van der Waals surface area contributed by atoms with E-state index >= 15 is 0 Å². The van der Waals surface area contributed by atoms with E-state index in [2.05, 4.69) is 30.6 Å². The predicted octanol–water partition coefficient (Wildman–Crippen LogP) is -0.210. The fourth-order valence-corrected chi connectivity index (χ4v) is 5.93. The normalized spacial score (nSPS) is 12.5. The molecular formula is C16H16N8O4S2. The average molecular weight is 448 g/mol. The second-order valence-corrected chi connectivity index (χ2v) is 9.92. The predicted molar refractivity (Wildman–Crippen MR) is 107 cm³/mol. The maximum atomic E-state index is 12.7. The zero-order valence-corrected chi connectivity index (χ0v) is 16.9. The number of sulfone groups is 1. The summed E-state index contributed by atoms with van der Waals surface area (Å²) in [7, 11) is -8.58. The van der Waals surface area contributed by atoms with Gasteiger partial charge in [-0.15, -0.1) is 10.2 Å². The molecule has 0 bridgehead atoms. The number of tetrazole rings is 1. The highest BCUT2D eigenvalue weighted by Crippen LogP contribution is 2.39. The first-order valence-corrected chi connectivity index (χ1v) is 11.7. The summed E-state index contributed by atoms with van der Waals surface area (Å²) in [6.07, 6.45) is 3.22. The lowest BCUT2D eigenvalue weighted by Crippen LogP contribution is -2.22. The molecular weight excluding hydrogens is 432 g/mol. The zero-order valence-electron chi connectivity index (χ0n) is 15.3. The third-order valence-electron chi connectivity index (χ3n) is 4.41. The number of rotatable bonds is 6. The quantitative estimate of drug-likeness (QED) is 0.307. The Morgan fingerprint density at radius 2 is 1.90 bits per heavy atom. The summed E-state index contributed by atoms with van der Waals surface area (Å²) in [5.41, 5.74) is 6.76. The number of nitrogens with zero attached hydrogens (tertiary/aromatic N) is 4. The largest absolute Gasteiger partial charge is 0.346 e. The van der Waals surface area contributed by atoms with Crippen LogP contribution in [0.4, 0.5) is 0 Å². The summed E-state index contributed by atoms with van der Waals surface area (Å²) in [5, 5.41) is 19.6. The van der Waals surface area contributed by atoms with E-state index in [9.17, 15) is 16.8 Å². The molecule has 30 heavy (non-hydrogen) atoms. The van der Waals surface area contributed by atoms with Gasteiger partial charge in [0.2, 0.25) is 15.8 Å². The van der Waals surface area contributed by atoms with Gasteiger partial charge < -0.3 is 10.7 Å². The van der Waals surface area contributed by atoms with Crippen LogP contribution in [-0.4, -0.2) is 59.7 Å². The molecule has 12 nitrogen and oxygen atoms in total. The smallest absolute Gasteiger partial charge is 0.240 e. The fraction of sp³-hybridized carbons (Fsp3) is 0.125. The first-order valence-electron chi connectivity index (χ1n) is 8.52. The Morgan fingerprint density at radius 3 is 2.57 bits per heavy atom. The van der Waals surface area contributed by atoms with Crippen molar-refractivity contribution in [1.29, 1.82) is 0 Å². The number of hydrogen-bond acceptors (Lipinski definition) is 9. The van der Waals surface area contributed by atoms with Gasteiger partial charge in [-0.05, 0) is 29.0 Å². The summed E-state index contributed by atoms with van der Waals surface area (Å²) < 4.78 is 50.6. The molecule has 0 unspecified atom stereocenters. The van der Waals surface area contributed by atoms with Crippen LogP contribution in [0.15, 0.2) is 46.5 Å². The van der Waals surface area contributed by atoms with Crippen molar-refractivity contribution in [2.45, 2.75) is 9.79 Å². The summed E-state index contributed by atoms with van der Waals surface area (Å²) >= 11 is 0. The van der Waals surface area contributed by atoms with E-state index in [1.165, 1.54) is 18.3 Å². The minimum atomic E-state index is -4.52. The Kier molecular flexibility index (Phi) is 4.85. The molecule has 0 fully saturated rings. The number of primary sulfonamides is 1. The molecule has 4 rings (SSSR count). The van der Waals surface area contributed by atoms with Crippen LogP contribution in [0.1, 0.15) is 0 Å². The molecule has 0 amide bonds. The number of pyridine rings is 1. The lowest BCUT2D eigenvalue weighted by molar-refractivity contribution is 0.583. The number of benzene rings is 1. The van der Waals surface area contributed by atoms with Gasteiger partial charge in [0.1, 0.15) is 10.5 Å². The van der Waals surface area contributed by atoms with E-state index in [0.717, 1.165) is 5.39 Å². The minimum absolute atomic E-state index is 0.0963. The fourth-order valence-electron chi connectivity index (χ4n) is 3.17. The van der Waals surface area contributed by atoms with Crippen molar-refractivity contribution in [3.8, 4) is 22.5 Å². The number of hydrogen-bond donors (Lipinski definition) is 4. The SMILES string of the molecule is NCCS(=O)(=O)c1ccc(-c2cnc3[nH]ccc3c2)c(-c2nn[nH]n2)c1S(N)(=O)=O. The number of aromatic nitrogens is 6. The third-order valence-corrected chi connectivity index (χ3v) is 7.31. The van der Waals surface area contributed by atoms with E-state index in [1.807, 2.05) is 0 Å². The number of nitrogens with two attached hydrogens (primary N) is 2. The van der Waals surface area contributed by atoms with Crippen molar-refractivity contribution in [3.05, 3.63) is 36.7 Å². The molecule has 3 heterocycles. The van der Waals surface area contributed by atoms with Crippen LogP contribution < -0.4 is 10.9 Å². The average Bonchev–Trinajstić information content (AvgIpc) is 3.37. The van der Waals surface area contributed by atoms with Crippen LogP contribution in [0.25, 0.3) is 33.5 Å². The van der Waals surface area contributed by atoms with Gasteiger partial charge in [0.25, 0.3) is 0 Å². The Balaban J connectivity index is 2.12. The zero-order chi connectivity index (χ0) is 21.5.